The van der Waals surface area contributed by atoms with Crippen molar-refractivity contribution in [1.82, 2.24) is 15.1 Å². The minimum absolute atomic E-state index is 0.428. The van der Waals surface area contributed by atoms with E-state index in [2.05, 4.69) is 48.9 Å². The van der Waals surface area contributed by atoms with Crippen LogP contribution >= 0.6 is 0 Å². The molecule has 0 aromatic carbocycles. The lowest BCUT2D eigenvalue weighted by Crippen LogP contribution is -2.39. The first-order valence-corrected chi connectivity index (χ1v) is 8.38. The molecule has 1 saturated carbocycles. The third kappa shape index (κ3) is 3.08. The van der Waals surface area contributed by atoms with Gasteiger partial charge < -0.3 is 5.32 Å². The SMILES string of the molecule is CCNC(c1ccnn1CC)C1(CC(C)C)CCCC1. The van der Waals surface area contributed by atoms with E-state index in [1.54, 1.807) is 0 Å². The monoisotopic (exact) mass is 277 g/mol. The molecule has 1 fully saturated rings. The Morgan fingerprint density at radius 2 is 2.00 bits per heavy atom. The van der Waals surface area contributed by atoms with Crippen LogP contribution in [0, 0.1) is 11.3 Å². The first-order chi connectivity index (χ1) is 9.63. The molecule has 1 N–H and O–H groups in total. The van der Waals surface area contributed by atoms with Crippen molar-refractivity contribution in [3.8, 4) is 0 Å². The number of aromatic nitrogens is 2. The van der Waals surface area contributed by atoms with E-state index < -0.39 is 0 Å². The molecule has 20 heavy (non-hydrogen) atoms. The van der Waals surface area contributed by atoms with Crippen molar-refractivity contribution >= 4 is 0 Å². The Hall–Kier alpha value is -0.830. The molecule has 1 aromatic rings. The van der Waals surface area contributed by atoms with Gasteiger partial charge >= 0.3 is 0 Å². The van der Waals surface area contributed by atoms with Crippen molar-refractivity contribution in [3.05, 3.63) is 18.0 Å². The normalized spacial score (nSPS) is 19.6. The number of rotatable bonds is 7. The Kier molecular flexibility index (Phi) is 5.25. The number of hydrogen-bond donors (Lipinski definition) is 1. The summed E-state index contributed by atoms with van der Waals surface area (Å²) in [5.74, 6) is 0.757. The highest BCUT2D eigenvalue weighted by Crippen LogP contribution is 2.51. The molecule has 114 valence electrons. The Bertz CT molecular complexity index is 402. The highest BCUT2D eigenvalue weighted by Gasteiger charge is 2.43. The summed E-state index contributed by atoms with van der Waals surface area (Å²) in [6, 6.07) is 2.68. The summed E-state index contributed by atoms with van der Waals surface area (Å²) < 4.78 is 2.17. The van der Waals surface area contributed by atoms with Crippen LogP contribution in [0.4, 0.5) is 0 Å². The van der Waals surface area contributed by atoms with Crippen LogP contribution in [0.25, 0.3) is 0 Å². The first kappa shape index (κ1) is 15.6. The molecule has 1 atom stereocenters. The van der Waals surface area contributed by atoms with Crippen molar-refractivity contribution in [1.29, 1.82) is 0 Å². The molecule has 0 saturated heterocycles. The fourth-order valence-corrected chi connectivity index (χ4v) is 4.19. The summed E-state index contributed by atoms with van der Waals surface area (Å²) >= 11 is 0. The van der Waals surface area contributed by atoms with Crippen molar-refractivity contribution in [2.45, 2.75) is 72.4 Å². The fourth-order valence-electron chi connectivity index (χ4n) is 4.19. The van der Waals surface area contributed by atoms with E-state index in [9.17, 15) is 0 Å². The zero-order chi connectivity index (χ0) is 14.6. The fraction of sp³-hybridized carbons (Fsp3) is 0.824. The molecule has 1 aliphatic carbocycles. The van der Waals surface area contributed by atoms with Gasteiger partial charge in [-0.05, 0) is 50.1 Å². The number of aryl methyl sites for hydroxylation is 1. The Morgan fingerprint density at radius 3 is 2.55 bits per heavy atom. The van der Waals surface area contributed by atoms with Crippen LogP contribution in [0.15, 0.2) is 12.3 Å². The highest BCUT2D eigenvalue weighted by molar-refractivity contribution is 5.13. The van der Waals surface area contributed by atoms with E-state index in [1.807, 2.05) is 6.20 Å². The minimum atomic E-state index is 0.428. The Balaban J connectivity index is 2.34. The number of hydrogen-bond acceptors (Lipinski definition) is 2. The van der Waals surface area contributed by atoms with Crippen LogP contribution in [0.1, 0.15) is 71.5 Å². The molecule has 1 aromatic heterocycles. The summed E-state index contributed by atoms with van der Waals surface area (Å²) in [5, 5.41) is 8.28. The largest absolute Gasteiger partial charge is 0.308 e. The van der Waals surface area contributed by atoms with Crippen LogP contribution in [-0.4, -0.2) is 16.3 Å². The molecule has 0 amide bonds. The van der Waals surface area contributed by atoms with Crippen molar-refractivity contribution in [3.63, 3.8) is 0 Å². The van der Waals surface area contributed by atoms with Gasteiger partial charge in [-0.1, -0.05) is 33.6 Å². The van der Waals surface area contributed by atoms with Crippen LogP contribution in [0.5, 0.6) is 0 Å². The molecule has 1 aliphatic rings. The molecule has 2 rings (SSSR count). The van der Waals surface area contributed by atoms with Gasteiger partial charge in [-0.25, -0.2) is 0 Å². The van der Waals surface area contributed by atoms with Crippen LogP contribution in [0.3, 0.4) is 0 Å². The minimum Gasteiger partial charge on any atom is -0.308 e. The van der Waals surface area contributed by atoms with Crippen LogP contribution < -0.4 is 5.32 Å². The average Bonchev–Trinajstić information content (AvgIpc) is 3.04. The van der Waals surface area contributed by atoms with E-state index in [-0.39, 0.29) is 0 Å². The third-order valence-electron chi connectivity index (χ3n) is 4.78. The summed E-state index contributed by atoms with van der Waals surface area (Å²) in [6.07, 6.45) is 8.76. The zero-order valence-electron chi connectivity index (χ0n) is 13.7. The molecule has 1 unspecified atom stereocenters. The molecule has 0 radical (unpaired) electrons. The molecular formula is C17H31N3. The summed E-state index contributed by atoms with van der Waals surface area (Å²) in [7, 11) is 0. The van der Waals surface area contributed by atoms with Crippen LogP contribution in [-0.2, 0) is 6.54 Å². The van der Waals surface area contributed by atoms with Gasteiger partial charge in [-0.15, -0.1) is 0 Å². The van der Waals surface area contributed by atoms with Gasteiger partial charge in [0.15, 0.2) is 0 Å². The van der Waals surface area contributed by atoms with Gasteiger partial charge in [0.2, 0.25) is 0 Å². The summed E-state index contributed by atoms with van der Waals surface area (Å²) in [6.45, 7) is 11.1. The van der Waals surface area contributed by atoms with Gasteiger partial charge in [-0.3, -0.25) is 4.68 Å². The van der Waals surface area contributed by atoms with Gasteiger partial charge in [0, 0.05) is 12.7 Å². The standard InChI is InChI=1S/C17H31N3/c1-5-18-16(15-9-12-19-20(15)6-2)17(13-14(3)4)10-7-8-11-17/h9,12,14,16,18H,5-8,10-11,13H2,1-4H3. The smallest absolute Gasteiger partial charge is 0.0559 e. The molecule has 3 nitrogen and oxygen atoms in total. The number of nitrogens with zero attached hydrogens (tertiary/aromatic N) is 2. The quantitative estimate of drug-likeness (QED) is 0.811. The molecule has 0 bridgehead atoms. The van der Waals surface area contributed by atoms with E-state index in [1.165, 1.54) is 37.8 Å². The van der Waals surface area contributed by atoms with Gasteiger partial charge in [0.1, 0.15) is 0 Å². The second-order valence-corrected chi connectivity index (χ2v) is 6.73. The van der Waals surface area contributed by atoms with Crippen molar-refractivity contribution < 1.29 is 0 Å². The molecule has 1 heterocycles. The lowest BCUT2D eigenvalue weighted by Gasteiger charge is -2.40. The second kappa shape index (κ2) is 6.75. The maximum atomic E-state index is 4.50. The van der Waals surface area contributed by atoms with Crippen LogP contribution in [0.2, 0.25) is 0 Å². The predicted octanol–water partition coefficient (Wildman–Crippen LogP) is 4.16. The van der Waals surface area contributed by atoms with Gasteiger partial charge in [-0.2, -0.15) is 5.10 Å². The predicted molar refractivity (Wildman–Crippen MR) is 84.7 cm³/mol. The van der Waals surface area contributed by atoms with E-state index >= 15 is 0 Å². The van der Waals surface area contributed by atoms with E-state index in [0.717, 1.165) is 19.0 Å². The summed E-state index contributed by atoms with van der Waals surface area (Å²) in [4.78, 5) is 0. The molecule has 0 aliphatic heterocycles. The van der Waals surface area contributed by atoms with Crippen molar-refractivity contribution in [2.75, 3.05) is 6.54 Å². The number of nitrogens with one attached hydrogen (secondary N) is 1. The summed E-state index contributed by atoms with van der Waals surface area (Å²) in [5.41, 5.74) is 1.81. The topological polar surface area (TPSA) is 29.9 Å². The average molecular weight is 277 g/mol. The lowest BCUT2D eigenvalue weighted by atomic mass is 9.71. The zero-order valence-corrected chi connectivity index (χ0v) is 13.7. The maximum Gasteiger partial charge on any atom is 0.0559 e. The van der Waals surface area contributed by atoms with E-state index in [4.69, 9.17) is 0 Å². The Labute approximate surface area is 124 Å². The Morgan fingerprint density at radius 1 is 1.30 bits per heavy atom. The van der Waals surface area contributed by atoms with Gasteiger partial charge in [0.05, 0.1) is 11.7 Å². The molecule has 0 spiro atoms. The second-order valence-electron chi connectivity index (χ2n) is 6.73. The van der Waals surface area contributed by atoms with Gasteiger partial charge in [0.25, 0.3) is 0 Å². The maximum absolute atomic E-state index is 4.50. The highest BCUT2D eigenvalue weighted by atomic mass is 15.3. The third-order valence-corrected chi connectivity index (χ3v) is 4.78. The molecule has 3 heteroatoms. The lowest BCUT2D eigenvalue weighted by molar-refractivity contribution is 0.150. The van der Waals surface area contributed by atoms with E-state index in [0.29, 0.717) is 11.5 Å². The first-order valence-electron chi connectivity index (χ1n) is 8.38. The van der Waals surface area contributed by atoms with Crippen molar-refractivity contribution in [2.24, 2.45) is 11.3 Å². The molecular weight excluding hydrogens is 246 g/mol.